The van der Waals surface area contributed by atoms with Crippen LogP contribution >= 0.6 is 22.7 Å². The molecule has 0 saturated carbocycles. The Morgan fingerprint density at radius 3 is 2.91 bits per heavy atom. The summed E-state index contributed by atoms with van der Waals surface area (Å²) < 4.78 is 1.64. The number of thiazole rings is 1. The molecule has 3 aromatic rings. The summed E-state index contributed by atoms with van der Waals surface area (Å²) in [6.45, 7) is 4.18. The number of anilines is 1. The number of amides is 1. The zero-order valence-corrected chi connectivity index (χ0v) is 14.4. The van der Waals surface area contributed by atoms with Gasteiger partial charge in [0.1, 0.15) is 0 Å². The molecule has 0 aromatic carbocycles. The largest absolute Gasteiger partial charge is 0.309 e. The van der Waals surface area contributed by atoms with Crippen molar-refractivity contribution in [3.8, 4) is 10.6 Å². The van der Waals surface area contributed by atoms with Gasteiger partial charge in [-0.25, -0.2) is 0 Å². The monoisotopic (exact) mass is 348 g/mol. The molecule has 3 heterocycles. The van der Waals surface area contributed by atoms with Crippen LogP contribution in [0.2, 0.25) is 0 Å². The molecule has 0 aliphatic heterocycles. The normalized spacial score (nSPS) is 10.9. The summed E-state index contributed by atoms with van der Waals surface area (Å²) in [4.78, 5) is 25.9. The highest BCUT2D eigenvalue weighted by atomic mass is 32.1. The molecule has 2 N–H and O–H groups in total. The van der Waals surface area contributed by atoms with Gasteiger partial charge in [-0.05, 0) is 25.3 Å². The molecule has 0 saturated heterocycles. The second-order valence-corrected chi connectivity index (χ2v) is 7.22. The van der Waals surface area contributed by atoms with E-state index in [2.05, 4.69) is 15.5 Å². The van der Waals surface area contributed by atoms with Crippen molar-refractivity contribution >= 4 is 34.4 Å². The fraction of sp³-hybridized carbons (Fsp3) is 0.267. The molecule has 0 atom stereocenters. The first-order valence-electron chi connectivity index (χ1n) is 7.10. The van der Waals surface area contributed by atoms with E-state index in [1.165, 1.54) is 11.3 Å². The van der Waals surface area contributed by atoms with Crippen molar-refractivity contribution in [3.05, 3.63) is 43.8 Å². The summed E-state index contributed by atoms with van der Waals surface area (Å²) in [5.41, 5.74) is 1.79. The molecule has 0 aliphatic carbocycles. The van der Waals surface area contributed by atoms with Gasteiger partial charge in [0.05, 0.1) is 10.6 Å². The van der Waals surface area contributed by atoms with E-state index in [4.69, 9.17) is 0 Å². The minimum atomic E-state index is -0.163. The SMILES string of the molecule is Cc1sc(=O)n(CCC(=O)Nc2cc(-c3cccs3)[nH]n2)c1C. The molecule has 8 heteroatoms. The van der Waals surface area contributed by atoms with Crippen molar-refractivity contribution in [1.29, 1.82) is 0 Å². The quantitative estimate of drug-likeness (QED) is 0.744. The smallest absolute Gasteiger partial charge is 0.307 e. The number of hydrogen-bond acceptors (Lipinski definition) is 5. The third-order valence-corrected chi connectivity index (χ3v) is 5.47. The van der Waals surface area contributed by atoms with Crippen LogP contribution in [-0.2, 0) is 11.3 Å². The Labute approximate surface area is 140 Å². The predicted molar refractivity (Wildman–Crippen MR) is 93.2 cm³/mol. The second kappa shape index (κ2) is 6.51. The van der Waals surface area contributed by atoms with Gasteiger partial charge in [0.15, 0.2) is 5.82 Å². The van der Waals surface area contributed by atoms with E-state index >= 15 is 0 Å². The molecule has 0 fully saturated rings. The molecule has 1 amide bonds. The van der Waals surface area contributed by atoms with Crippen molar-refractivity contribution in [3.63, 3.8) is 0 Å². The van der Waals surface area contributed by atoms with E-state index in [0.29, 0.717) is 12.4 Å². The van der Waals surface area contributed by atoms with E-state index in [1.54, 1.807) is 22.0 Å². The highest BCUT2D eigenvalue weighted by molar-refractivity contribution is 7.13. The Morgan fingerprint density at radius 2 is 2.26 bits per heavy atom. The molecular formula is C15H16N4O2S2. The lowest BCUT2D eigenvalue weighted by molar-refractivity contribution is -0.116. The van der Waals surface area contributed by atoms with Crippen LogP contribution in [0.1, 0.15) is 17.0 Å². The van der Waals surface area contributed by atoms with E-state index in [9.17, 15) is 9.59 Å². The first kappa shape index (κ1) is 15.7. The first-order valence-corrected chi connectivity index (χ1v) is 8.80. The molecule has 3 rings (SSSR count). The van der Waals surface area contributed by atoms with Gasteiger partial charge < -0.3 is 9.88 Å². The Balaban J connectivity index is 1.60. The zero-order chi connectivity index (χ0) is 16.4. The summed E-state index contributed by atoms with van der Waals surface area (Å²) in [5.74, 6) is 0.327. The Morgan fingerprint density at radius 1 is 1.43 bits per heavy atom. The average molecular weight is 348 g/mol. The second-order valence-electron chi connectivity index (χ2n) is 5.10. The van der Waals surface area contributed by atoms with Gasteiger partial charge in [-0.2, -0.15) is 5.10 Å². The Kier molecular flexibility index (Phi) is 4.44. The fourth-order valence-corrected chi connectivity index (χ4v) is 3.76. The number of nitrogens with zero attached hydrogens (tertiary/aromatic N) is 2. The van der Waals surface area contributed by atoms with Crippen LogP contribution in [0.5, 0.6) is 0 Å². The van der Waals surface area contributed by atoms with Crippen LogP contribution in [0.3, 0.4) is 0 Å². The van der Waals surface area contributed by atoms with Crippen molar-refractivity contribution < 1.29 is 4.79 Å². The van der Waals surface area contributed by atoms with Crippen molar-refractivity contribution in [1.82, 2.24) is 14.8 Å². The number of hydrogen-bond donors (Lipinski definition) is 2. The minimum absolute atomic E-state index is 0.0208. The molecule has 0 unspecified atom stereocenters. The first-order chi connectivity index (χ1) is 11.0. The number of rotatable bonds is 5. The van der Waals surface area contributed by atoms with Gasteiger partial charge in [0.2, 0.25) is 5.91 Å². The molecule has 23 heavy (non-hydrogen) atoms. The van der Waals surface area contributed by atoms with E-state index in [0.717, 1.165) is 21.1 Å². The topological polar surface area (TPSA) is 79.8 Å². The van der Waals surface area contributed by atoms with E-state index in [-0.39, 0.29) is 17.2 Å². The molecule has 0 spiro atoms. The fourth-order valence-electron chi connectivity index (χ4n) is 2.21. The number of H-pyrrole nitrogens is 1. The third kappa shape index (κ3) is 3.43. The number of aromatic amines is 1. The number of thiophene rings is 1. The number of aryl methyl sites for hydroxylation is 1. The molecule has 120 valence electrons. The summed E-state index contributed by atoms with van der Waals surface area (Å²) in [6.07, 6.45) is 0.234. The average Bonchev–Trinajstić information content (AvgIpc) is 3.21. The maximum Gasteiger partial charge on any atom is 0.307 e. The van der Waals surface area contributed by atoms with E-state index in [1.807, 2.05) is 31.4 Å². The third-order valence-electron chi connectivity index (χ3n) is 3.57. The molecule has 3 aromatic heterocycles. The van der Waals surface area contributed by atoms with Gasteiger partial charge in [0, 0.05) is 29.6 Å². The Hall–Kier alpha value is -2.19. The minimum Gasteiger partial charge on any atom is -0.309 e. The molecule has 0 bridgehead atoms. The number of carbonyl (C=O) groups is 1. The van der Waals surface area contributed by atoms with Crippen LogP contribution < -0.4 is 10.2 Å². The lowest BCUT2D eigenvalue weighted by Gasteiger charge is -2.05. The number of carbonyl (C=O) groups excluding carboxylic acids is 1. The zero-order valence-electron chi connectivity index (χ0n) is 12.8. The molecule has 0 aliphatic rings. The van der Waals surface area contributed by atoms with Gasteiger partial charge >= 0.3 is 4.87 Å². The summed E-state index contributed by atoms with van der Waals surface area (Å²) >= 11 is 2.81. The highest BCUT2D eigenvalue weighted by Crippen LogP contribution is 2.24. The maximum atomic E-state index is 12.0. The van der Waals surface area contributed by atoms with Gasteiger partial charge in [-0.1, -0.05) is 17.4 Å². The van der Waals surface area contributed by atoms with Crippen LogP contribution in [0, 0.1) is 13.8 Å². The van der Waals surface area contributed by atoms with Gasteiger partial charge in [-0.3, -0.25) is 14.7 Å². The van der Waals surface area contributed by atoms with Crippen molar-refractivity contribution in [2.45, 2.75) is 26.8 Å². The van der Waals surface area contributed by atoms with Crippen LogP contribution in [0.4, 0.5) is 5.82 Å². The van der Waals surface area contributed by atoms with Gasteiger partial charge in [0.25, 0.3) is 0 Å². The van der Waals surface area contributed by atoms with Crippen LogP contribution in [-0.4, -0.2) is 20.7 Å². The highest BCUT2D eigenvalue weighted by Gasteiger charge is 2.11. The van der Waals surface area contributed by atoms with E-state index < -0.39 is 0 Å². The molecule has 0 radical (unpaired) electrons. The molecular weight excluding hydrogens is 332 g/mol. The number of aromatic nitrogens is 3. The summed E-state index contributed by atoms with van der Waals surface area (Å²) in [5, 5.41) is 11.7. The summed E-state index contributed by atoms with van der Waals surface area (Å²) in [7, 11) is 0. The Bertz CT molecular complexity index is 874. The standard InChI is InChI=1S/C15H16N4O2S2/c1-9-10(2)23-15(21)19(9)6-5-14(20)16-13-8-11(17-18-13)12-4-3-7-22-12/h3-4,7-8H,5-6H2,1-2H3,(H2,16,17,18,20). The maximum absolute atomic E-state index is 12.0. The van der Waals surface area contributed by atoms with Crippen molar-refractivity contribution in [2.75, 3.05) is 5.32 Å². The van der Waals surface area contributed by atoms with Crippen LogP contribution in [0.25, 0.3) is 10.6 Å². The lowest BCUT2D eigenvalue weighted by Crippen LogP contribution is -2.20. The van der Waals surface area contributed by atoms with Gasteiger partial charge in [-0.15, -0.1) is 11.3 Å². The predicted octanol–water partition coefficient (Wildman–Crippen LogP) is 3.01. The molecule has 6 nitrogen and oxygen atoms in total. The van der Waals surface area contributed by atoms with Crippen molar-refractivity contribution in [2.24, 2.45) is 0 Å². The number of nitrogens with one attached hydrogen (secondary N) is 2. The summed E-state index contributed by atoms with van der Waals surface area (Å²) in [6, 6.07) is 5.75. The van der Waals surface area contributed by atoms with Crippen LogP contribution in [0.15, 0.2) is 28.4 Å². The lowest BCUT2D eigenvalue weighted by atomic mass is 10.3.